The van der Waals surface area contributed by atoms with E-state index in [1.165, 1.54) is 0 Å². The maximum absolute atomic E-state index is 12.6. The molecule has 0 fully saturated rings. The molecule has 0 saturated carbocycles. The van der Waals surface area contributed by atoms with Crippen molar-refractivity contribution >= 4 is 17.6 Å². The lowest BCUT2D eigenvalue weighted by Crippen LogP contribution is -2.18. The number of carbonyl (C=O) groups excluding carboxylic acids is 1. The van der Waals surface area contributed by atoms with Crippen LogP contribution in [-0.2, 0) is 10.9 Å². The molecule has 0 saturated heterocycles. The maximum atomic E-state index is 12.6. The van der Waals surface area contributed by atoms with Gasteiger partial charge in [0.2, 0.25) is 0 Å². The van der Waals surface area contributed by atoms with Gasteiger partial charge < -0.3 is 4.74 Å². The average Bonchev–Trinajstić information content (AvgIpc) is 2.25. The van der Waals surface area contributed by atoms with Crippen LogP contribution in [0.2, 0.25) is 5.02 Å². The van der Waals surface area contributed by atoms with E-state index in [1.54, 1.807) is 0 Å². The van der Waals surface area contributed by atoms with E-state index >= 15 is 0 Å². The Balaban J connectivity index is 3.52. The summed E-state index contributed by atoms with van der Waals surface area (Å²) >= 11 is 5.33. The van der Waals surface area contributed by atoms with Gasteiger partial charge in [0.15, 0.2) is 5.69 Å². The first-order valence-electron chi connectivity index (χ1n) is 4.32. The monoisotopic (exact) mass is 289 g/mol. The molecule has 0 spiro atoms. The van der Waals surface area contributed by atoms with Crippen LogP contribution in [0.15, 0.2) is 6.07 Å². The van der Waals surface area contributed by atoms with Crippen LogP contribution in [0.3, 0.4) is 0 Å². The Bertz CT molecular complexity index is 475. The zero-order valence-electron chi connectivity index (χ0n) is 8.69. The second-order valence-electron chi connectivity index (χ2n) is 3.04. The fourth-order valence-corrected chi connectivity index (χ4v) is 1.37. The van der Waals surface area contributed by atoms with E-state index in [-0.39, 0.29) is 0 Å². The molecule has 0 aliphatic heterocycles. The van der Waals surface area contributed by atoms with Gasteiger partial charge in [-0.05, 0) is 6.07 Å². The zero-order chi connectivity index (χ0) is 14.1. The van der Waals surface area contributed by atoms with Gasteiger partial charge in [0.25, 0.3) is 6.43 Å². The molecule has 0 aliphatic carbocycles. The molecule has 1 aromatic heterocycles. The molecule has 3 nitrogen and oxygen atoms in total. The van der Waals surface area contributed by atoms with Crippen LogP contribution < -0.4 is 0 Å². The van der Waals surface area contributed by atoms with Crippen LogP contribution in [0, 0.1) is 0 Å². The second kappa shape index (κ2) is 5.05. The number of pyridine rings is 1. The Morgan fingerprint density at radius 2 is 2.00 bits per heavy atom. The highest BCUT2D eigenvalue weighted by atomic mass is 35.5. The zero-order valence-corrected chi connectivity index (χ0v) is 9.44. The van der Waals surface area contributed by atoms with Crippen molar-refractivity contribution in [2.45, 2.75) is 12.6 Å². The number of hydrogen-bond donors (Lipinski definition) is 0. The number of carbonyl (C=O) groups is 1. The molecule has 0 N–H and O–H groups in total. The van der Waals surface area contributed by atoms with Gasteiger partial charge in [-0.2, -0.15) is 13.2 Å². The Morgan fingerprint density at radius 3 is 2.39 bits per heavy atom. The predicted octanol–water partition coefficient (Wildman–Crippen LogP) is 3.48. The molecule has 1 heterocycles. The molecule has 0 bridgehead atoms. The molecular formula is C9H5ClF5NO2. The van der Waals surface area contributed by atoms with Gasteiger partial charge in [0.1, 0.15) is 5.69 Å². The predicted molar refractivity (Wildman–Crippen MR) is 50.5 cm³/mol. The van der Waals surface area contributed by atoms with Crippen LogP contribution >= 0.6 is 11.6 Å². The summed E-state index contributed by atoms with van der Waals surface area (Å²) < 4.78 is 66.5. The number of hydrogen-bond acceptors (Lipinski definition) is 3. The number of esters is 1. The van der Waals surface area contributed by atoms with E-state index < -0.39 is 40.5 Å². The standard InChI is InChI=1S/C9H5ClF5NO2/c1-18-8(17)3-2-4(10)5(7(11)12)16-6(3)9(13,14)15/h2,7H,1H3. The fourth-order valence-electron chi connectivity index (χ4n) is 1.14. The van der Waals surface area contributed by atoms with Crippen molar-refractivity contribution in [3.8, 4) is 0 Å². The van der Waals surface area contributed by atoms with Crippen molar-refractivity contribution in [2.75, 3.05) is 7.11 Å². The molecule has 1 aromatic rings. The molecule has 0 radical (unpaired) electrons. The average molecular weight is 290 g/mol. The van der Waals surface area contributed by atoms with Gasteiger partial charge in [0, 0.05) is 0 Å². The van der Waals surface area contributed by atoms with Crippen LogP contribution in [0.1, 0.15) is 28.2 Å². The summed E-state index contributed by atoms with van der Waals surface area (Å²) in [5.41, 5.74) is -4.01. The first-order valence-corrected chi connectivity index (χ1v) is 4.70. The summed E-state index contributed by atoms with van der Waals surface area (Å²) in [5.74, 6) is -1.36. The molecule has 0 amide bonds. The summed E-state index contributed by atoms with van der Waals surface area (Å²) in [5, 5.41) is -0.738. The lowest BCUT2D eigenvalue weighted by molar-refractivity contribution is -0.142. The van der Waals surface area contributed by atoms with E-state index in [1.807, 2.05) is 0 Å². The van der Waals surface area contributed by atoms with Crippen molar-refractivity contribution in [1.82, 2.24) is 4.98 Å². The third kappa shape index (κ3) is 2.87. The molecule has 0 aromatic carbocycles. The Morgan fingerprint density at radius 1 is 1.44 bits per heavy atom. The summed E-state index contributed by atoms with van der Waals surface area (Å²) in [6.07, 6.45) is -8.36. The van der Waals surface area contributed by atoms with Gasteiger partial charge in [-0.1, -0.05) is 11.6 Å². The summed E-state index contributed by atoms with van der Waals surface area (Å²) in [6, 6.07) is 0.463. The minimum Gasteiger partial charge on any atom is -0.465 e. The molecule has 18 heavy (non-hydrogen) atoms. The van der Waals surface area contributed by atoms with Crippen LogP contribution in [0.25, 0.3) is 0 Å². The lowest BCUT2D eigenvalue weighted by Gasteiger charge is -2.13. The number of halogens is 6. The van der Waals surface area contributed by atoms with Gasteiger partial charge >= 0.3 is 12.1 Å². The number of rotatable bonds is 2. The minimum atomic E-state index is -5.07. The quantitative estimate of drug-likeness (QED) is 0.618. The van der Waals surface area contributed by atoms with E-state index in [0.717, 1.165) is 7.11 Å². The number of alkyl halides is 5. The fraction of sp³-hybridized carbons (Fsp3) is 0.333. The molecule has 9 heteroatoms. The highest BCUT2D eigenvalue weighted by Crippen LogP contribution is 2.35. The molecule has 0 atom stereocenters. The van der Waals surface area contributed by atoms with Crippen LogP contribution in [-0.4, -0.2) is 18.1 Å². The van der Waals surface area contributed by atoms with E-state index in [0.29, 0.717) is 6.07 Å². The van der Waals surface area contributed by atoms with E-state index in [2.05, 4.69) is 9.72 Å². The van der Waals surface area contributed by atoms with Crippen LogP contribution in [0.4, 0.5) is 22.0 Å². The smallest absolute Gasteiger partial charge is 0.434 e. The van der Waals surface area contributed by atoms with Crippen molar-refractivity contribution in [2.24, 2.45) is 0 Å². The van der Waals surface area contributed by atoms with Gasteiger partial charge in [-0.3, -0.25) is 0 Å². The summed E-state index contributed by atoms with van der Waals surface area (Å²) in [6.45, 7) is 0. The van der Waals surface area contributed by atoms with Crippen molar-refractivity contribution < 1.29 is 31.5 Å². The molecule has 0 aliphatic rings. The second-order valence-corrected chi connectivity index (χ2v) is 3.45. The Labute approximate surface area is 103 Å². The summed E-state index contributed by atoms with van der Waals surface area (Å²) in [7, 11) is 0.845. The van der Waals surface area contributed by atoms with E-state index in [4.69, 9.17) is 11.6 Å². The first kappa shape index (κ1) is 14.6. The van der Waals surface area contributed by atoms with Crippen LogP contribution in [0.5, 0.6) is 0 Å². The lowest BCUT2D eigenvalue weighted by atomic mass is 10.1. The molecular weight excluding hydrogens is 285 g/mol. The van der Waals surface area contributed by atoms with E-state index in [9.17, 15) is 26.7 Å². The normalized spacial score (nSPS) is 11.8. The van der Waals surface area contributed by atoms with Crippen molar-refractivity contribution in [1.29, 1.82) is 0 Å². The third-order valence-corrected chi connectivity index (χ3v) is 2.19. The third-order valence-electron chi connectivity index (χ3n) is 1.88. The first-order chi connectivity index (χ1) is 8.18. The molecule has 1 rings (SSSR count). The summed E-state index contributed by atoms with van der Waals surface area (Å²) in [4.78, 5) is 13.8. The van der Waals surface area contributed by atoms with Crippen molar-refractivity contribution in [3.05, 3.63) is 28.0 Å². The Kier molecular flexibility index (Phi) is 4.10. The van der Waals surface area contributed by atoms with Gasteiger partial charge in [-0.15, -0.1) is 0 Å². The molecule has 100 valence electrons. The largest absolute Gasteiger partial charge is 0.465 e. The minimum absolute atomic E-state index is 0.463. The van der Waals surface area contributed by atoms with Gasteiger partial charge in [-0.25, -0.2) is 18.6 Å². The number of nitrogens with zero attached hydrogens (tertiary/aromatic N) is 1. The SMILES string of the molecule is COC(=O)c1cc(Cl)c(C(F)F)nc1C(F)(F)F. The number of methoxy groups -OCH3 is 1. The maximum Gasteiger partial charge on any atom is 0.434 e. The van der Waals surface area contributed by atoms with Gasteiger partial charge in [0.05, 0.1) is 17.7 Å². The number of ether oxygens (including phenoxy) is 1. The molecule has 0 unspecified atom stereocenters. The highest BCUT2D eigenvalue weighted by molar-refractivity contribution is 6.31. The topological polar surface area (TPSA) is 39.2 Å². The highest BCUT2D eigenvalue weighted by Gasteiger charge is 2.39. The number of aromatic nitrogens is 1. The van der Waals surface area contributed by atoms with Crippen molar-refractivity contribution in [3.63, 3.8) is 0 Å². The Hall–Kier alpha value is -1.44.